The number of aromatic nitrogens is 3. The van der Waals surface area contributed by atoms with Crippen molar-refractivity contribution in [1.29, 1.82) is 0 Å². The van der Waals surface area contributed by atoms with E-state index >= 15 is 0 Å². The highest BCUT2D eigenvalue weighted by Gasteiger charge is 2.47. The Morgan fingerprint density at radius 1 is 1.14 bits per heavy atom. The molecule has 0 bridgehead atoms. The average molecular weight is 602 g/mol. The van der Waals surface area contributed by atoms with Crippen LogP contribution in [-0.2, 0) is 20.7 Å². The molecule has 1 N–H and O–H groups in total. The van der Waals surface area contributed by atoms with Crippen LogP contribution in [0.3, 0.4) is 0 Å². The van der Waals surface area contributed by atoms with Crippen LogP contribution >= 0.6 is 0 Å². The summed E-state index contributed by atoms with van der Waals surface area (Å²) >= 11 is 0. The summed E-state index contributed by atoms with van der Waals surface area (Å²) in [6.07, 6.45) is 1.63. The van der Waals surface area contributed by atoms with Gasteiger partial charge in [0.15, 0.2) is 5.69 Å². The summed E-state index contributed by atoms with van der Waals surface area (Å²) < 4.78 is 17.8. The number of amides is 2. The van der Waals surface area contributed by atoms with Crippen molar-refractivity contribution in [3.63, 3.8) is 0 Å². The molecule has 12 heteroatoms. The molecule has 3 rings (SSSR count). The fraction of sp³-hybridized carbons (Fsp3) is 0.645. The van der Waals surface area contributed by atoms with Crippen molar-refractivity contribution in [1.82, 2.24) is 24.8 Å². The van der Waals surface area contributed by atoms with Crippen LogP contribution in [0.25, 0.3) is 5.69 Å². The minimum Gasteiger partial charge on any atom is -0.497 e. The monoisotopic (exact) mass is 601 g/mol. The number of carbonyl (C=O) groups excluding carboxylic acids is 2. The first kappa shape index (κ1) is 33.8. The second-order valence-corrected chi connectivity index (χ2v) is 12.9. The van der Waals surface area contributed by atoms with Gasteiger partial charge in [0, 0.05) is 33.4 Å². The van der Waals surface area contributed by atoms with E-state index in [1.54, 1.807) is 51.5 Å². The van der Waals surface area contributed by atoms with E-state index < -0.39 is 29.1 Å². The van der Waals surface area contributed by atoms with E-state index in [2.05, 4.69) is 10.3 Å². The van der Waals surface area contributed by atoms with Crippen LogP contribution in [0.2, 0.25) is 0 Å². The standard InChI is InChI=1S/C31H47N5O7/c1-21(2)18-35(23-17-31(6,28(38)39)20-34(19-23)29(40)43-30(3,4)5)27(37)26-25(11-9-10-16-41-7)36(33-32-26)22-12-14-24(42-8)15-13-22/h12-15,21,23H,9-11,16-20H2,1-8H3,(H,38,39)/t23-,31+/m0/s1. The van der Waals surface area contributed by atoms with Crippen molar-refractivity contribution in [2.45, 2.75) is 78.9 Å². The second kappa shape index (κ2) is 14.2. The molecule has 2 heterocycles. The molecule has 0 unspecified atom stereocenters. The molecule has 1 saturated heterocycles. The molecule has 1 fully saturated rings. The molecular formula is C31H47N5O7. The molecule has 43 heavy (non-hydrogen) atoms. The zero-order chi connectivity index (χ0) is 31.9. The Kier molecular flexibility index (Phi) is 11.2. The Morgan fingerprint density at radius 2 is 1.81 bits per heavy atom. The minimum absolute atomic E-state index is 0.0180. The van der Waals surface area contributed by atoms with Gasteiger partial charge in [-0.05, 0) is 83.6 Å². The number of piperidine rings is 1. The Hall–Kier alpha value is -3.67. The summed E-state index contributed by atoms with van der Waals surface area (Å²) in [7, 11) is 3.24. The smallest absolute Gasteiger partial charge is 0.410 e. The first-order valence-electron chi connectivity index (χ1n) is 14.8. The fourth-order valence-corrected chi connectivity index (χ4v) is 5.31. The van der Waals surface area contributed by atoms with E-state index in [0.717, 1.165) is 18.5 Å². The number of carbonyl (C=O) groups is 3. The fourth-order valence-electron chi connectivity index (χ4n) is 5.31. The normalized spacial score (nSPS) is 18.9. The lowest BCUT2D eigenvalue weighted by Crippen LogP contribution is -2.60. The number of hydrogen-bond donors (Lipinski definition) is 1. The van der Waals surface area contributed by atoms with Gasteiger partial charge in [0.2, 0.25) is 0 Å². The maximum Gasteiger partial charge on any atom is 0.410 e. The van der Waals surface area contributed by atoms with Crippen molar-refractivity contribution in [2.75, 3.05) is 40.5 Å². The topological polar surface area (TPSA) is 136 Å². The molecule has 0 spiro atoms. The molecule has 1 aliphatic heterocycles. The number of carboxylic acids is 1. The number of hydrogen-bond acceptors (Lipinski definition) is 8. The Morgan fingerprint density at radius 3 is 2.37 bits per heavy atom. The van der Waals surface area contributed by atoms with Gasteiger partial charge in [-0.15, -0.1) is 5.10 Å². The first-order chi connectivity index (χ1) is 20.2. The lowest BCUT2D eigenvalue weighted by molar-refractivity contribution is -0.152. The van der Waals surface area contributed by atoms with E-state index in [0.29, 0.717) is 31.0 Å². The molecule has 1 aliphatic rings. The van der Waals surface area contributed by atoms with Gasteiger partial charge in [-0.1, -0.05) is 19.1 Å². The molecule has 1 aromatic carbocycles. The van der Waals surface area contributed by atoms with Gasteiger partial charge < -0.3 is 29.1 Å². The molecule has 0 aliphatic carbocycles. The maximum absolute atomic E-state index is 14.4. The third-order valence-electron chi connectivity index (χ3n) is 7.38. The van der Waals surface area contributed by atoms with Crippen molar-refractivity contribution >= 4 is 18.0 Å². The van der Waals surface area contributed by atoms with Crippen LogP contribution in [0.5, 0.6) is 5.75 Å². The Balaban J connectivity index is 2.03. The summed E-state index contributed by atoms with van der Waals surface area (Å²) in [4.78, 5) is 43.1. The lowest BCUT2D eigenvalue weighted by Gasteiger charge is -2.46. The zero-order valence-electron chi connectivity index (χ0n) is 26.8. The van der Waals surface area contributed by atoms with E-state index in [1.807, 2.05) is 38.1 Å². The number of nitrogens with zero attached hydrogens (tertiary/aromatic N) is 5. The summed E-state index contributed by atoms with van der Waals surface area (Å²) in [6.45, 7) is 11.9. The average Bonchev–Trinajstić information content (AvgIpc) is 3.36. The van der Waals surface area contributed by atoms with E-state index in [4.69, 9.17) is 14.2 Å². The molecular weight excluding hydrogens is 554 g/mol. The SMILES string of the molecule is COCCCCc1c(C(=O)N(CC(C)C)[C@@H]2CN(C(=O)OC(C)(C)C)C[C@](C)(C(=O)O)C2)nnn1-c1ccc(OC)cc1. The highest BCUT2D eigenvalue weighted by molar-refractivity contribution is 5.94. The van der Waals surface area contributed by atoms with Gasteiger partial charge in [0.25, 0.3) is 5.91 Å². The molecule has 0 saturated carbocycles. The highest BCUT2D eigenvalue weighted by atomic mass is 16.6. The molecule has 12 nitrogen and oxygen atoms in total. The Labute approximate surface area is 254 Å². The van der Waals surface area contributed by atoms with Crippen LogP contribution < -0.4 is 4.74 Å². The van der Waals surface area contributed by atoms with E-state index in [9.17, 15) is 19.5 Å². The van der Waals surface area contributed by atoms with Crippen LogP contribution in [-0.4, -0.2) is 100.0 Å². The number of benzene rings is 1. The molecule has 2 amide bonds. The number of ether oxygens (including phenoxy) is 3. The van der Waals surface area contributed by atoms with E-state index in [-0.39, 0.29) is 37.0 Å². The quantitative estimate of drug-likeness (QED) is 0.350. The summed E-state index contributed by atoms with van der Waals surface area (Å²) in [6, 6.07) is 6.76. The van der Waals surface area contributed by atoms with Crippen molar-refractivity contribution in [3.05, 3.63) is 35.7 Å². The maximum atomic E-state index is 14.4. The van der Waals surface area contributed by atoms with Gasteiger partial charge in [-0.2, -0.15) is 0 Å². The van der Waals surface area contributed by atoms with Gasteiger partial charge in [0.1, 0.15) is 11.4 Å². The number of methoxy groups -OCH3 is 2. The lowest BCUT2D eigenvalue weighted by atomic mass is 9.79. The number of unbranched alkanes of at least 4 members (excludes halogenated alkanes) is 1. The number of aliphatic carboxylic acids is 1. The molecule has 0 radical (unpaired) electrons. The van der Waals surface area contributed by atoms with Crippen LogP contribution in [0.4, 0.5) is 4.79 Å². The third-order valence-corrected chi connectivity index (χ3v) is 7.38. The van der Waals surface area contributed by atoms with Crippen molar-refractivity contribution in [3.8, 4) is 11.4 Å². The van der Waals surface area contributed by atoms with Crippen molar-refractivity contribution < 1.29 is 33.7 Å². The van der Waals surface area contributed by atoms with Crippen molar-refractivity contribution in [2.24, 2.45) is 11.3 Å². The van der Waals surface area contributed by atoms with Gasteiger partial charge in [0.05, 0.1) is 29.9 Å². The molecule has 1 aromatic heterocycles. The van der Waals surface area contributed by atoms with Gasteiger partial charge in [-0.3, -0.25) is 9.59 Å². The number of carboxylic acid groups (broad SMARTS) is 1. The Bertz CT molecular complexity index is 1250. The zero-order valence-corrected chi connectivity index (χ0v) is 26.8. The summed E-state index contributed by atoms with van der Waals surface area (Å²) in [5.41, 5.74) is -0.439. The van der Waals surface area contributed by atoms with Gasteiger partial charge in [-0.25, -0.2) is 9.48 Å². The first-order valence-corrected chi connectivity index (χ1v) is 14.8. The minimum atomic E-state index is -1.28. The predicted octanol–water partition coefficient (Wildman–Crippen LogP) is 4.44. The summed E-state index contributed by atoms with van der Waals surface area (Å²) in [5, 5.41) is 18.9. The van der Waals surface area contributed by atoms with E-state index in [1.165, 1.54) is 4.90 Å². The third kappa shape index (κ3) is 8.68. The van der Waals surface area contributed by atoms with Crippen LogP contribution in [0.1, 0.15) is 77.0 Å². The summed E-state index contributed by atoms with van der Waals surface area (Å²) in [5.74, 6) is -0.622. The van der Waals surface area contributed by atoms with Crippen LogP contribution in [0.15, 0.2) is 24.3 Å². The van der Waals surface area contributed by atoms with Crippen LogP contribution in [0, 0.1) is 11.3 Å². The highest BCUT2D eigenvalue weighted by Crippen LogP contribution is 2.34. The molecule has 2 aromatic rings. The molecule has 238 valence electrons. The number of likely N-dealkylation sites (tertiary alicyclic amines) is 1. The largest absolute Gasteiger partial charge is 0.497 e. The molecule has 2 atom stereocenters. The predicted molar refractivity (Wildman–Crippen MR) is 161 cm³/mol. The number of rotatable bonds is 12. The van der Waals surface area contributed by atoms with Gasteiger partial charge >= 0.3 is 12.1 Å². The second-order valence-electron chi connectivity index (χ2n) is 12.9.